The van der Waals surface area contributed by atoms with E-state index < -0.39 is 0 Å². The van der Waals surface area contributed by atoms with Crippen molar-refractivity contribution in [1.29, 1.82) is 0 Å². The predicted octanol–water partition coefficient (Wildman–Crippen LogP) is 4.97. The highest BCUT2D eigenvalue weighted by atomic mass is 16.3. The first kappa shape index (κ1) is 13.7. The number of hydrogen-bond donors (Lipinski definition) is 1. The van der Waals surface area contributed by atoms with Crippen molar-refractivity contribution in [2.45, 2.75) is 40.0 Å². The molecule has 0 aromatic heterocycles. The Morgan fingerprint density at radius 2 is 1.42 bits per heavy atom. The van der Waals surface area contributed by atoms with Gasteiger partial charge in [-0.1, -0.05) is 51.1 Å². The highest BCUT2D eigenvalue weighted by Gasteiger charge is 2.19. The van der Waals surface area contributed by atoms with Crippen molar-refractivity contribution in [2.75, 3.05) is 0 Å². The minimum absolute atomic E-state index is 0.145. The summed E-state index contributed by atoms with van der Waals surface area (Å²) in [6, 6.07) is 11.8. The minimum Gasteiger partial charge on any atom is -0.507 e. The van der Waals surface area contributed by atoms with Crippen molar-refractivity contribution in [3.63, 3.8) is 0 Å². The van der Waals surface area contributed by atoms with Gasteiger partial charge in [0.25, 0.3) is 0 Å². The molecule has 0 heterocycles. The molecule has 0 aliphatic carbocycles. The molecule has 2 aromatic rings. The molecule has 0 bridgehead atoms. The van der Waals surface area contributed by atoms with Crippen molar-refractivity contribution >= 4 is 0 Å². The fourth-order valence-corrected chi connectivity index (χ4v) is 2.63. The highest BCUT2D eigenvalue weighted by Crippen LogP contribution is 2.36. The van der Waals surface area contributed by atoms with Crippen molar-refractivity contribution in [3.8, 4) is 16.9 Å². The van der Waals surface area contributed by atoms with Crippen LogP contribution in [0.5, 0.6) is 5.75 Å². The van der Waals surface area contributed by atoms with E-state index in [4.69, 9.17) is 0 Å². The Morgan fingerprint density at radius 3 is 2.00 bits per heavy atom. The maximum absolute atomic E-state index is 10.0. The number of para-hydroxylation sites is 1. The SMILES string of the molecule is Cc1c(-c2ccccc2O)ccc(C(C)(C)C)c1C. The molecule has 0 aliphatic rings. The number of rotatable bonds is 1. The summed E-state index contributed by atoms with van der Waals surface area (Å²) in [4.78, 5) is 0. The summed E-state index contributed by atoms with van der Waals surface area (Å²) in [5.41, 5.74) is 6.09. The lowest BCUT2D eigenvalue weighted by molar-refractivity contribution is 0.477. The third-order valence-corrected chi connectivity index (χ3v) is 3.79. The quantitative estimate of drug-likeness (QED) is 0.761. The zero-order valence-corrected chi connectivity index (χ0v) is 12.4. The lowest BCUT2D eigenvalue weighted by Gasteiger charge is -2.24. The molecule has 100 valence electrons. The Morgan fingerprint density at radius 1 is 0.789 bits per heavy atom. The summed E-state index contributed by atoms with van der Waals surface area (Å²) in [6.07, 6.45) is 0. The first-order valence-electron chi connectivity index (χ1n) is 6.71. The van der Waals surface area contributed by atoms with Crippen LogP contribution in [0.1, 0.15) is 37.5 Å². The summed E-state index contributed by atoms with van der Waals surface area (Å²) in [5, 5.41) is 10.0. The van der Waals surface area contributed by atoms with Gasteiger partial charge in [-0.25, -0.2) is 0 Å². The number of benzene rings is 2. The van der Waals surface area contributed by atoms with Gasteiger partial charge in [0.1, 0.15) is 5.75 Å². The second-order valence-corrected chi connectivity index (χ2v) is 6.18. The Hall–Kier alpha value is -1.76. The van der Waals surface area contributed by atoms with Gasteiger partial charge in [0, 0.05) is 5.56 Å². The lowest BCUT2D eigenvalue weighted by Crippen LogP contribution is -2.14. The third-order valence-electron chi connectivity index (χ3n) is 3.79. The minimum atomic E-state index is 0.145. The molecule has 0 unspecified atom stereocenters. The zero-order valence-electron chi connectivity index (χ0n) is 12.4. The van der Waals surface area contributed by atoms with Gasteiger partial charge < -0.3 is 5.11 Å². The molecule has 2 aromatic carbocycles. The van der Waals surface area contributed by atoms with Gasteiger partial charge in [0.05, 0.1) is 0 Å². The van der Waals surface area contributed by atoms with Crippen LogP contribution < -0.4 is 0 Å². The topological polar surface area (TPSA) is 20.2 Å². The molecule has 2 rings (SSSR count). The lowest BCUT2D eigenvalue weighted by atomic mass is 9.81. The number of aromatic hydroxyl groups is 1. The van der Waals surface area contributed by atoms with E-state index in [9.17, 15) is 5.11 Å². The molecule has 0 amide bonds. The summed E-state index contributed by atoms with van der Waals surface area (Å²) in [5.74, 6) is 0.341. The molecule has 1 N–H and O–H groups in total. The second-order valence-electron chi connectivity index (χ2n) is 6.18. The van der Waals surface area contributed by atoms with Crippen LogP contribution in [0.4, 0.5) is 0 Å². The maximum atomic E-state index is 10.0. The van der Waals surface area contributed by atoms with Gasteiger partial charge in [0.2, 0.25) is 0 Å². The van der Waals surface area contributed by atoms with Crippen LogP contribution in [-0.4, -0.2) is 5.11 Å². The molecule has 0 atom stereocenters. The fraction of sp³-hybridized carbons (Fsp3) is 0.333. The van der Waals surface area contributed by atoms with Crippen molar-refractivity contribution < 1.29 is 5.11 Å². The van der Waals surface area contributed by atoms with E-state index in [1.807, 2.05) is 18.2 Å². The average molecular weight is 254 g/mol. The van der Waals surface area contributed by atoms with Gasteiger partial charge >= 0.3 is 0 Å². The molecule has 0 spiro atoms. The van der Waals surface area contributed by atoms with Gasteiger partial charge in [-0.3, -0.25) is 0 Å². The van der Waals surface area contributed by atoms with Crippen LogP contribution in [0.25, 0.3) is 11.1 Å². The largest absolute Gasteiger partial charge is 0.507 e. The summed E-state index contributed by atoms with van der Waals surface area (Å²) in [7, 11) is 0. The Kier molecular flexibility index (Phi) is 3.40. The van der Waals surface area contributed by atoms with Crippen LogP contribution in [0.3, 0.4) is 0 Å². The first-order valence-corrected chi connectivity index (χ1v) is 6.71. The average Bonchev–Trinajstić information content (AvgIpc) is 2.32. The Balaban J connectivity index is 2.64. The first-order chi connectivity index (χ1) is 8.82. The van der Waals surface area contributed by atoms with Gasteiger partial charge in [-0.05, 0) is 47.6 Å². The molecular formula is C18H22O. The van der Waals surface area contributed by atoms with E-state index in [2.05, 4.69) is 46.8 Å². The van der Waals surface area contributed by atoms with E-state index in [0.717, 1.165) is 11.1 Å². The molecule has 0 radical (unpaired) electrons. The van der Waals surface area contributed by atoms with Crippen LogP contribution in [0, 0.1) is 13.8 Å². The molecule has 1 nitrogen and oxygen atoms in total. The van der Waals surface area contributed by atoms with E-state index in [0.29, 0.717) is 5.75 Å². The van der Waals surface area contributed by atoms with Crippen molar-refractivity contribution in [3.05, 3.63) is 53.1 Å². The van der Waals surface area contributed by atoms with Crippen molar-refractivity contribution in [2.24, 2.45) is 0 Å². The number of phenols is 1. The molecule has 19 heavy (non-hydrogen) atoms. The molecule has 0 aliphatic heterocycles. The Labute approximate surface area is 115 Å². The predicted molar refractivity (Wildman–Crippen MR) is 81.7 cm³/mol. The van der Waals surface area contributed by atoms with Crippen LogP contribution >= 0.6 is 0 Å². The van der Waals surface area contributed by atoms with Crippen molar-refractivity contribution in [1.82, 2.24) is 0 Å². The molecule has 1 heteroatoms. The van der Waals surface area contributed by atoms with Crippen LogP contribution in [0.2, 0.25) is 0 Å². The van der Waals surface area contributed by atoms with Gasteiger partial charge in [0.15, 0.2) is 0 Å². The fourth-order valence-electron chi connectivity index (χ4n) is 2.63. The number of phenolic OH excluding ortho intramolecular Hbond substituents is 1. The van der Waals surface area contributed by atoms with Gasteiger partial charge in [-0.2, -0.15) is 0 Å². The molecule has 0 saturated heterocycles. The van der Waals surface area contributed by atoms with E-state index in [1.165, 1.54) is 16.7 Å². The highest BCUT2D eigenvalue weighted by molar-refractivity contribution is 5.74. The normalized spacial score (nSPS) is 11.6. The van der Waals surface area contributed by atoms with E-state index >= 15 is 0 Å². The summed E-state index contributed by atoms with van der Waals surface area (Å²) >= 11 is 0. The van der Waals surface area contributed by atoms with Gasteiger partial charge in [-0.15, -0.1) is 0 Å². The molecular weight excluding hydrogens is 232 g/mol. The summed E-state index contributed by atoms with van der Waals surface area (Å²) in [6.45, 7) is 11.0. The summed E-state index contributed by atoms with van der Waals surface area (Å²) < 4.78 is 0. The zero-order chi connectivity index (χ0) is 14.2. The maximum Gasteiger partial charge on any atom is 0.123 e. The van der Waals surface area contributed by atoms with E-state index in [-0.39, 0.29) is 5.41 Å². The van der Waals surface area contributed by atoms with Crippen LogP contribution in [0.15, 0.2) is 36.4 Å². The Bertz CT molecular complexity index is 604. The third kappa shape index (κ3) is 2.51. The van der Waals surface area contributed by atoms with Crippen LogP contribution in [-0.2, 0) is 5.41 Å². The smallest absolute Gasteiger partial charge is 0.123 e. The monoisotopic (exact) mass is 254 g/mol. The number of hydrogen-bond acceptors (Lipinski definition) is 1. The second kappa shape index (κ2) is 4.73. The standard InChI is InChI=1S/C18H22O/c1-12-13(2)16(18(3,4)5)11-10-14(12)15-8-6-7-9-17(15)19/h6-11,19H,1-5H3. The molecule has 0 saturated carbocycles. The van der Waals surface area contributed by atoms with E-state index in [1.54, 1.807) is 6.07 Å². The molecule has 0 fully saturated rings.